The van der Waals surface area contributed by atoms with Crippen LogP contribution in [0, 0.1) is 6.92 Å². The lowest BCUT2D eigenvalue weighted by atomic mass is 9.98. The molecule has 0 bridgehead atoms. The van der Waals surface area contributed by atoms with Crippen molar-refractivity contribution < 1.29 is 4.79 Å². The Bertz CT molecular complexity index is 508. The van der Waals surface area contributed by atoms with Gasteiger partial charge in [0.05, 0.1) is 6.04 Å². The second-order valence-corrected chi connectivity index (χ2v) is 4.44. The van der Waals surface area contributed by atoms with Gasteiger partial charge in [0.25, 0.3) is 0 Å². The molecule has 1 unspecified atom stereocenters. The van der Waals surface area contributed by atoms with Crippen LogP contribution in [-0.2, 0) is 11.2 Å². The maximum atomic E-state index is 10.7. The highest BCUT2D eigenvalue weighted by Gasteiger charge is 2.10. The molecule has 0 fully saturated rings. The molecule has 0 saturated carbocycles. The van der Waals surface area contributed by atoms with Gasteiger partial charge in [0.1, 0.15) is 0 Å². The third-order valence-electron chi connectivity index (χ3n) is 2.99. The molecule has 0 aliphatic rings. The van der Waals surface area contributed by atoms with Gasteiger partial charge in [0.15, 0.2) is 0 Å². The Morgan fingerprint density at radius 2 is 1.89 bits per heavy atom. The molecule has 0 aliphatic heterocycles. The van der Waals surface area contributed by atoms with Gasteiger partial charge >= 0.3 is 0 Å². The molecule has 0 saturated heterocycles. The first-order valence-electron chi connectivity index (χ1n) is 6.10. The number of carbonyl (C=O) groups is 1. The predicted molar refractivity (Wildman–Crippen MR) is 73.3 cm³/mol. The molecule has 0 aliphatic carbocycles. The molecule has 18 heavy (non-hydrogen) atoms. The fourth-order valence-corrected chi connectivity index (χ4v) is 2.12. The molecule has 2 heteroatoms. The van der Waals surface area contributed by atoms with E-state index in [9.17, 15) is 4.79 Å². The van der Waals surface area contributed by atoms with Crippen LogP contribution in [0.25, 0.3) is 0 Å². The zero-order valence-electron chi connectivity index (χ0n) is 10.5. The number of amides is 1. The summed E-state index contributed by atoms with van der Waals surface area (Å²) in [7, 11) is 0. The smallest absolute Gasteiger partial charge is 0.207 e. The summed E-state index contributed by atoms with van der Waals surface area (Å²) in [6, 6.07) is 18.4. The molecule has 2 aromatic carbocycles. The van der Waals surface area contributed by atoms with Gasteiger partial charge in [-0.25, -0.2) is 0 Å². The predicted octanol–water partition coefficient (Wildman–Crippen LogP) is 3.02. The van der Waals surface area contributed by atoms with Crippen LogP contribution < -0.4 is 5.32 Å². The molecule has 2 aromatic rings. The highest BCUT2D eigenvalue weighted by atomic mass is 16.1. The second kappa shape index (κ2) is 6.01. The van der Waals surface area contributed by atoms with Gasteiger partial charge in [-0.05, 0) is 24.5 Å². The average Bonchev–Trinajstić information content (AvgIpc) is 2.39. The molecule has 92 valence electrons. The maximum Gasteiger partial charge on any atom is 0.207 e. The van der Waals surface area contributed by atoms with Crippen molar-refractivity contribution >= 4 is 6.41 Å². The van der Waals surface area contributed by atoms with Crippen molar-refractivity contribution in [3.63, 3.8) is 0 Å². The summed E-state index contributed by atoms with van der Waals surface area (Å²) in [5.41, 5.74) is 3.61. The van der Waals surface area contributed by atoms with Gasteiger partial charge in [-0.15, -0.1) is 0 Å². The molecule has 0 aromatic heterocycles. The van der Waals surface area contributed by atoms with E-state index >= 15 is 0 Å². The third kappa shape index (κ3) is 3.20. The summed E-state index contributed by atoms with van der Waals surface area (Å²) in [4.78, 5) is 10.7. The zero-order chi connectivity index (χ0) is 12.8. The molecule has 1 amide bonds. The summed E-state index contributed by atoms with van der Waals surface area (Å²) in [6.07, 6.45) is 1.58. The number of benzene rings is 2. The van der Waals surface area contributed by atoms with Gasteiger partial charge in [-0.3, -0.25) is 4.79 Å². The van der Waals surface area contributed by atoms with Crippen LogP contribution in [0.15, 0.2) is 54.6 Å². The topological polar surface area (TPSA) is 29.1 Å². The fraction of sp³-hybridized carbons (Fsp3) is 0.188. The minimum atomic E-state index is 0.0329. The van der Waals surface area contributed by atoms with E-state index in [2.05, 4.69) is 30.4 Å². The van der Waals surface area contributed by atoms with E-state index in [1.807, 2.05) is 36.4 Å². The van der Waals surface area contributed by atoms with Crippen molar-refractivity contribution in [1.82, 2.24) is 5.32 Å². The average molecular weight is 239 g/mol. The zero-order valence-corrected chi connectivity index (χ0v) is 10.5. The lowest BCUT2D eigenvalue weighted by molar-refractivity contribution is -0.110. The highest BCUT2D eigenvalue weighted by Crippen LogP contribution is 2.18. The lowest BCUT2D eigenvalue weighted by Gasteiger charge is -2.16. The first-order valence-corrected chi connectivity index (χ1v) is 6.10. The van der Waals surface area contributed by atoms with Gasteiger partial charge < -0.3 is 5.32 Å². The van der Waals surface area contributed by atoms with Gasteiger partial charge in [0, 0.05) is 0 Å². The van der Waals surface area contributed by atoms with Gasteiger partial charge in [0.2, 0.25) is 6.41 Å². The number of nitrogens with one attached hydrogen (secondary N) is 1. The van der Waals surface area contributed by atoms with Crippen LogP contribution in [-0.4, -0.2) is 6.41 Å². The van der Waals surface area contributed by atoms with Crippen molar-refractivity contribution in [1.29, 1.82) is 0 Å². The first kappa shape index (κ1) is 12.4. The minimum absolute atomic E-state index is 0.0329. The van der Waals surface area contributed by atoms with Crippen molar-refractivity contribution in [3.8, 4) is 0 Å². The highest BCUT2D eigenvalue weighted by molar-refractivity contribution is 5.48. The largest absolute Gasteiger partial charge is 0.352 e. The van der Waals surface area contributed by atoms with Crippen molar-refractivity contribution in [2.24, 2.45) is 0 Å². The van der Waals surface area contributed by atoms with Gasteiger partial charge in [-0.2, -0.15) is 0 Å². The summed E-state index contributed by atoms with van der Waals surface area (Å²) < 4.78 is 0. The molecular weight excluding hydrogens is 222 g/mol. The molecule has 0 heterocycles. The second-order valence-electron chi connectivity index (χ2n) is 4.44. The van der Waals surface area contributed by atoms with E-state index in [1.165, 1.54) is 11.1 Å². The van der Waals surface area contributed by atoms with Crippen LogP contribution >= 0.6 is 0 Å². The van der Waals surface area contributed by atoms with Crippen molar-refractivity contribution in [3.05, 3.63) is 71.3 Å². The van der Waals surface area contributed by atoms with Gasteiger partial charge in [-0.1, -0.05) is 60.2 Å². The van der Waals surface area contributed by atoms with Crippen LogP contribution in [0.3, 0.4) is 0 Å². The summed E-state index contributed by atoms with van der Waals surface area (Å²) in [5, 5.41) is 2.89. The summed E-state index contributed by atoms with van der Waals surface area (Å²) in [6.45, 7) is 2.08. The number of aryl methyl sites for hydroxylation is 1. The molecule has 1 N–H and O–H groups in total. The Balaban J connectivity index is 2.19. The molecular formula is C16H17NO. The van der Waals surface area contributed by atoms with Crippen LogP contribution in [0.1, 0.15) is 22.7 Å². The van der Waals surface area contributed by atoms with E-state index in [4.69, 9.17) is 0 Å². The molecule has 2 rings (SSSR count). The number of carbonyl (C=O) groups excluding carboxylic acids is 1. The normalized spacial score (nSPS) is 11.8. The quantitative estimate of drug-likeness (QED) is 0.798. The van der Waals surface area contributed by atoms with E-state index in [0.717, 1.165) is 18.4 Å². The minimum Gasteiger partial charge on any atom is -0.352 e. The number of hydrogen-bond donors (Lipinski definition) is 1. The first-order chi connectivity index (χ1) is 8.79. The fourth-order valence-electron chi connectivity index (χ4n) is 2.12. The summed E-state index contributed by atoms with van der Waals surface area (Å²) in [5.74, 6) is 0. The lowest BCUT2D eigenvalue weighted by Crippen LogP contribution is -2.21. The van der Waals surface area contributed by atoms with Crippen molar-refractivity contribution in [2.45, 2.75) is 19.4 Å². The Labute approximate surface area is 108 Å². The maximum absolute atomic E-state index is 10.7. The SMILES string of the molecule is Cc1cccc(CC(NC=O)c2ccccc2)c1. The number of rotatable bonds is 5. The monoisotopic (exact) mass is 239 g/mol. The Kier molecular flexibility index (Phi) is 4.13. The Morgan fingerprint density at radius 3 is 2.56 bits per heavy atom. The van der Waals surface area contributed by atoms with E-state index in [1.54, 1.807) is 0 Å². The molecule has 0 spiro atoms. The van der Waals surface area contributed by atoms with Crippen LogP contribution in [0.4, 0.5) is 0 Å². The third-order valence-corrected chi connectivity index (χ3v) is 2.99. The Hall–Kier alpha value is -2.09. The standard InChI is InChI=1S/C16H17NO/c1-13-6-5-7-14(10-13)11-16(17-12-18)15-8-3-2-4-9-15/h2-10,12,16H,11H2,1H3,(H,17,18). The molecule has 1 atom stereocenters. The number of hydrogen-bond acceptors (Lipinski definition) is 1. The summed E-state index contributed by atoms with van der Waals surface area (Å²) >= 11 is 0. The van der Waals surface area contributed by atoms with Crippen molar-refractivity contribution in [2.75, 3.05) is 0 Å². The van der Waals surface area contributed by atoms with E-state index in [0.29, 0.717) is 0 Å². The van der Waals surface area contributed by atoms with E-state index < -0.39 is 0 Å². The van der Waals surface area contributed by atoms with Crippen LogP contribution in [0.2, 0.25) is 0 Å². The van der Waals surface area contributed by atoms with E-state index in [-0.39, 0.29) is 6.04 Å². The molecule has 2 nitrogen and oxygen atoms in total. The molecule has 0 radical (unpaired) electrons. The Morgan fingerprint density at radius 1 is 1.11 bits per heavy atom. The van der Waals surface area contributed by atoms with Crippen LogP contribution in [0.5, 0.6) is 0 Å².